The Morgan fingerprint density at radius 3 is 2.53 bits per heavy atom. The summed E-state index contributed by atoms with van der Waals surface area (Å²) in [6.45, 7) is 3.66. The van der Waals surface area contributed by atoms with Gasteiger partial charge in [-0.2, -0.15) is 10.4 Å². The van der Waals surface area contributed by atoms with Gasteiger partial charge in [0.25, 0.3) is 0 Å². The quantitative estimate of drug-likeness (QED) is 0.323. The van der Waals surface area contributed by atoms with Crippen LogP contribution in [-0.4, -0.2) is 32.7 Å². The zero-order valence-electron chi connectivity index (χ0n) is 17.9. The van der Waals surface area contributed by atoms with Gasteiger partial charge in [-0.05, 0) is 32.0 Å². The lowest BCUT2D eigenvalue weighted by molar-refractivity contribution is 0.0473. The average Bonchev–Trinajstić information content (AvgIpc) is 3.33. The Labute approximate surface area is 185 Å². The number of ketones is 1. The fourth-order valence-corrected chi connectivity index (χ4v) is 3.86. The van der Waals surface area contributed by atoms with Crippen LogP contribution in [-0.2, 0) is 11.3 Å². The van der Waals surface area contributed by atoms with Gasteiger partial charge in [0.1, 0.15) is 5.56 Å². The highest BCUT2D eigenvalue weighted by atomic mass is 16.5. The molecule has 0 radical (unpaired) electrons. The summed E-state index contributed by atoms with van der Waals surface area (Å²) in [5, 5.41) is 14.1. The summed E-state index contributed by atoms with van der Waals surface area (Å²) < 4.78 is 8.96. The van der Waals surface area contributed by atoms with E-state index in [2.05, 4.69) is 11.2 Å². The number of Topliss-reactive ketones (excluding diaryl/α,β-unsaturated/α-hetero) is 1. The minimum Gasteiger partial charge on any atom is -0.454 e. The van der Waals surface area contributed by atoms with Crippen molar-refractivity contribution in [1.29, 1.82) is 5.26 Å². The van der Waals surface area contributed by atoms with Gasteiger partial charge in [0.05, 0.1) is 29.6 Å². The van der Waals surface area contributed by atoms with Crippen LogP contribution in [0.25, 0.3) is 16.6 Å². The summed E-state index contributed by atoms with van der Waals surface area (Å²) in [4.78, 5) is 25.7. The van der Waals surface area contributed by atoms with Gasteiger partial charge in [-0.1, -0.05) is 36.4 Å². The molecule has 0 atom stereocenters. The predicted molar refractivity (Wildman–Crippen MR) is 120 cm³/mol. The van der Waals surface area contributed by atoms with Crippen molar-refractivity contribution < 1.29 is 14.3 Å². The summed E-state index contributed by atoms with van der Waals surface area (Å²) in [6, 6.07) is 19.1. The first-order valence-corrected chi connectivity index (χ1v) is 10.3. The molecule has 0 bridgehead atoms. The smallest absolute Gasteiger partial charge is 0.342 e. The van der Waals surface area contributed by atoms with Crippen LogP contribution in [0.4, 0.5) is 0 Å². The van der Waals surface area contributed by atoms with Crippen molar-refractivity contribution in [2.75, 3.05) is 6.61 Å². The molecule has 0 saturated carbocycles. The maximum absolute atomic E-state index is 12.9. The van der Waals surface area contributed by atoms with Crippen molar-refractivity contribution in [2.45, 2.75) is 26.8 Å². The first-order chi connectivity index (χ1) is 15.5. The van der Waals surface area contributed by atoms with Crippen LogP contribution in [0.5, 0.6) is 0 Å². The molecule has 0 unspecified atom stereocenters. The maximum Gasteiger partial charge on any atom is 0.342 e. The number of nitrogens with zero attached hydrogens (tertiary/aromatic N) is 4. The number of aromatic nitrogens is 3. The van der Waals surface area contributed by atoms with Crippen LogP contribution in [0.15, 0.2) is 60.8 Å². The maximum atomic E-state index is 12.9. The molecule has 7 heteroatoms. The van der Waals surface area contributed by atoms with Gasteiger partial charge in [0.15, 0.2) is 6.61 Å². The summed E-state index contributed by atoms with van der Waals surface area (Å²) >= 11 is 0. The number of ether oxygens (including phenoxy) is 1. The molecular weight excluding hydrogens is 404 g/mol. The third-order valence-electron chi connectivity index (χ3n) is 5.38. The van der Waals surface area contributed by atoms with Crippen LogP contribution in [0, 0.1) is 25.2 Å². The molecule has 2 aromatic carbocycles. The first kappa shape index (κ1) is 21.1. The fourth-order valence-electron chi connectivity index (χ4n) is 3.86. The number of fused-ring (bicyclic) bond motifs is 1. The summed E-state index contributed by atoms with van der Waals surface area (Å²) in [5.74, 6) is -0.875. The molecule has 0 aliphatic heterocycles. The SMILES string of the molecule is Cc1nn(-c2ccccc2)c(C)c1C(=O)OCC(=O)c1cn(CCC#N)c2ccccc12. The van der Waals surface area contributed by atoms with Gasteiger partial charge in [0, 0.05) is 29.2 Å². The first-order valence-electron chi connectivity index (χ1n) is 10.3. The molecule has 2 aromatic heterocycles. The Kier molecular flexibility index (Phi) is 5.86. The van der Waals surface area contributed by atoms with E-state index >= 15 is 0 Å². The second-order valence-corrected chi connectivity index (χ2v) is 7.45. The lowest BCUT2D eigenvalue weighted by Crippen LogP contribution is -2.15. The molecule has 32 heavy (non-hydrogen) atoms. The van der Waals surface area contributed by atoms with Crippen LogP contribution in [0.3, 0.4) is 0 Å². The van der Waals surface area contributed by atoms with Gasteiger partial charge >= 0.3 is 5.97 Å². The van der Waals surface area contributed by atoms with Crippen molar-refractivity contribution in [2.24, 2.45) is 0 Å². The average molecular weight is 426 g/mol. The number of esters is 1. The summed E-state index contributed by atoms with van der Waals surface area (Å²) in [7, 11) is 0. The summed E-state index contributed by atoms with van der Waals surface area (Å²) in [5.41, 5.74) is 3.73. The van der Waals surface area contributed by atoms with E-state index in [1.165, 1.54) is 0 Å². The van der Waals surface area contributed by atoms with E-state index in [1.807, 2.05) is 59.2 Å². The molecule has 0 saturated heterocycles. The Balaban J connectivity index is 1.54. The van der Waals surface area contributed by atoms with E-state index in [9.17, 15) is 9.59 Å². The number of rotatable bonds is 7. The number of benzene rings is 2. The molecule has 160 valence electrons. The fraction of sp³-hybridized carbons (Fsp3) is 0.200. The molecule has 0 fully saturated rings. The van der Waals surface area contributed by atoms with Crippen LogP contribution in [0.1, 0.15) is 38.5 Å². The number of carbonyl (C=O) groups excluding carboxylic acids is 2. The van der Waals surface area contributed by atoms with Gasteiger partial charge < -0.3 is 9.30 Å². The molecule has 0 spiro atoms. The van der Waals surface area contributed by atoms with Crippen LogP contribution in [0.2, 0.25) is 0 Å². The Hall–Kier alpha value is -4.18. The van der Waals surface area contributed by atoms with Gasteiger partial charge in [-0.15, -0.1) is 0 Å². The lowest BCUT2D eigenvalue weighted by Gasteiger charge is -2.06. The molecule has 0 amide bonds. The minimum atomic E-state index is -0.580. The third kappa shape index (κ3) is 3.91. The number of para-hydroxylation sites is 2. The van der Waals surface area contributed by atoms with Crippen molar-refractivity contribution in [3.05, 3.63) is 83.3 Å². The minimum absolute atomic E-state index is 0.295. The van der Waals surface area contributed by atoms with E-state index in [0.717, 1.165) is 16.6 Å². The Bertz CT molecular complexity index is 1340. The third-order valence-corrected chi connectivity index (χ3v) is 5.38. The standard InChI is InChI=1S/C25H22N4O3/c1-17-24(18(2)29(27-17)19-9-4-3-5-10-19)25(31)32-16-23(30)21-15-28(14-8-13-26)22-12-7-6-11-20(21)22/h3-7,9-12,15H,8,14,16H2,1-2H3. The zero-order chi connectivity index (χ0) is 22.7. The second kappa shape index (κ2) is 8.90. The molecular formula is C25H22N4O3. The number of nitriles is 1. The molecule has 4 rings (SSSR count). The highest BCUT2D eigenvalue weighted by Crippen LogP contribution is 2.23. The van der Waals surface area contributed by atoms with Crippen LogP contribution >= 0.6 is 0 Å². The lowest BCUT2D eigenvalue weighted by atomic mass is 10.1. The molecule has 0 aliphatic rings. The predicted octanol–water partition coefficient (Wildman–Crippen LogP) is 4.40. The molecule has 0 N–H and O–H groups in total. The number of aryl methyl sites for hydroxylation is 2. The topological polar surface area (TPSA) is 89.9 Å². The van der Waals surface area contributed by atoms with Crippen LogP contribution < -0.4 is 0 Å². The van der Waals surface area contributed by atoms with Crippen molar-refractivity contribution in [3.8, 4) is 11.8 Å². The molecule has 2 heterocycles. The monoisotopic (exact) mass is 426 g/mol. The van der Waals surface area contributed by atoms with Crippen molar-refractivity contribution in [1.82, 2.24) is 14.3 Å². The highest BCUT2D eigenvalue weighted by Gasteiger charge is 2.23. The number of hydrogen-bond donors (Lipinski definition) is 0. The van der Waals surface area contributed by atoms with E-state index in [4.69, 9.17) is 10.00 Å². The Morgan fingerprint density at radius 2 is 1.78 bits per heavy atom. The number of carbonyl (C=O) groups is 2. The van der Waals surface area contributed by atoms with Gasteiger partial charge in [0.2, 0.25) is 5.78 Å². The number of hydrogen-bond acceptors (Lipinski definition) is 5. The molecule has 7 nitrogen and oxygen atoms in total. The van der Waals surface area contributed by atoms with E-state index in [1.54, 1.807) is 24.7 Å². The normalized spacial score (nSPS) is 10.8. The largest absolute Gasteiger partial charge is 0.454 e. The Morgan fingerprint density at radius 1 is 1.06 bits per heavy atom. The van der Waals surface area contributed by atoms with Crippen molar-refractivity contribution >= 4 is 22.7 Å². The highest BCUT2D eigenvalue weighted by molar-refractivity contribution is 6.09. The molecule has 4 aromatic rings. The van der Waals surface area contributed by atoms with Gasteiger partial charge in [-0.3, -0.25) is 4.79 Å². The molecule has 0 aliphatic carbocycles. The van der Waals surface area contributed by atoms with E-state index in [-0.39, 0.29) is 12.4 Å². The summed E-state index contributed by atoms with van der Waals surface area (Å²) in [6.07, 6.45) is 2.06. The van der Waals surface area contributed by atoms with Crippen molar-refractivity contribution in [3.63, 3.8) is 0 Å². The second-order valence-electron chi connectivity index (χ2n) is 7.45. The van der Waals surface area contributed by atoms with E-state index < -0.39 is 5.97 Å². The van der Waals surface area contributed by atoms with Gasteiger partial charge in [-0.25, -0.2) is 9.48 Å². The zero-order valence-corrected chi connectivity index (χ0v) is 17.9. The van der Waals surface area contributed by atoms with E-state index in [0.29, 0.717) is 35.5 Å².